The molecule has 7 nitrogen and oxygen atoms in total. The van der Waals surface area contributed by atoms with Crippen LogP contribution in [0.1, 0.15) is 35.7 Å². The van der Waals surface area contributed by atoms with Crippen LogP contribution >= 0.6 is 11.6 Å². The number of amides is 2. The number of carbonyl (C=O) groups excluding carboxylic acids is 2. The molecule has 0 aliphatic heterocycles. The number of nitrogens with zero attached hydrogens (tertiary/aromatic N) is 3. The van der Waals surface area contributed by atoms with Gasteiger partial charge in [-0.25, -0.2) is 0 Å². The molecule has 3 aromatic rings. The van der Waals surface area contributed by atoms with E-state index < -0.39 is 5.91 Å². The highest BCUT2D eigenvalue weighted by Crippen LogP contribution is 2.39. The molecule has 2 amide bonds. The van der Waals surface area contributed by atoms with Crippen molar-refractivity contribution in [3.8, 4) is 5.88 Å². The Bertz CT molecular complexity index is 1120. The first-order valence-corrected chi connectivity index (χ1v) is 10.1. The van der Waals surface area contributed by atoms with Crippen molar-refractivity contribution in [2.45, 2.75) is 33.2 Å². The maximum atomic E-state index is 12.1. The van der Waals surface area contributed by atoms with Crippen LogP contribution in [-0.2, 0) is 11.3 Å². The molecule has 0 aliphatic carbocycles. The van der Waals surface area contributed by atoms with Crippen molar-refractivity contribution < 1.29 is 14.7 Å². The Morgan fingerprint density at radius 1 is 1.20 bits per heavy atom. The van der Waals surface area contributed by atoms with Crippen LogP contribution < -0.4 is 5.32 Å². The summed E-state index contributed by atoms with van der Waals surface area (Å²) in [5.74, 6) is -0.875. The van der Waals surface area contributed by atoms with Gasteiger partial charge in [0.05, 0.1) is 16.1 Å². The van der Waals surface area contributed by atoms with Crippen LogP contribution in [0.15, 0.2) is 52.7 Å². The number of aryl methyl sites for hydroxylation is 2. The Labute approximate surface area is 179 Å². The van der Waals surface area contributed by atoms with Crippen LogP contribution in [-0.4, -0.2) is 28.0 Å². The lowest BCUT2D eigenvalue weighted by molar-refractivity contribution is -0.118. The molecule has 1 aromatic heterocycles. The van der Waals surface area contributed by atoms with Gasteiger partial charge in [0, 0.05) is 24.9 Å². The SMILES string of the molecule is CCCn1c(O)c(N=NC(=O)CCNC(=O)c2ccccc2Cl)c2cc(C)ccc21. The lowest BCUT2D eigenvalue weighted by Crippen LogP contribution is -2.25. The number of halogens is 1. The van der Waals surface area contributed by atoms with Crippen molar-refractivity contribution in [2.75, 3.05) is 6.54 Å². The second-order valence-electron chi connectivity index (χ2n) is 6.92. The van der Waals surface area contributed by atoms with E-state index in [4.69, 9.17) is 11.6 Å². The highest BCUT2D eigenvalue weighted by atomic mass is 35.5. The molecule has 0 saturated carbocycles. The minimum absolute atomic E-state index is 0.0129. The van der Waals surface area contributed by atoms with Crippen LogP contribution in [0.3, 0.4) is 0 Å². The van der Waals surface area contributed by atoms with Crippen LogP contribution in [0, 0.1) is 6.92 Å². The second kappa shape index (κ2) is 9.54. The van der Waals surface area contributed by atoms with Gasteiger partial charge in [0.15, 0.2) is 5.69 Å². The van der Waals surface area contributed by atoms with Crippen LogP contribution in [0.5, 0.6) is 5.88 Å². The Kier molecular flexibility index (Phi) is 6.84. The summed E-state index contributed by atoms with van der Waals surface area (Å²) in [7, 11) is 0. The number of carbonyl (C=O) groups is 2. The first kappa shape index (κ1) is 21.5. The van der Waals surface area contributed by atoms with Crippen molar-refractivity contribution in [1.29, 1.82) is 0 Å². The molecule has 156 valence electrons. The summed E-state index contributed by atoms with van der Waals surface area (Å²) in [6, 6.07) is 12.5. The highest BCUT2D eigenvalue weighted by Gasteiger charge is 2.17. The highest BCUT2D eigenvalue weighted by molar-refractivity contribution is 6.33. The second-order valence-corrected chi connectivity index (χ2v) is 7.33. The number of fused-ring (bicyclic) bond motifs is 1. The van der Waals surface area contributed by atoms with Crippen molar-refractivity contribution in [3.63, 3.8) is 0 Å². The summed E-state index contributed by atoms with van der Waals surface area (Å²) in [5.41, 5.74) is 2.47. The fourth-order valence-corrected chi connectivity index (χ4v) is 3.39. The Hall–Kier alpha value is -3.19. The van der Waals surface area contributed by atoms with Gasteiger partial charge in [0.1, 0.15) is 0 Å². The molecule has 0 radical (unpaired) electrons. The maximum Gasteiger partial charge on any atom is 0.266 e. The number of hydrogen-bond donors (Lipinski definition) is 2. The average Bonchev–Trinajstić information content (AvgIpc) is 2.97. The largest absolute Gasteiger partial charge is 0.493 e. The third-order valence-electron chi connectivity index (χ3n) is 4.62. The molecule has 0 aliphatic rings. The molecule has 2 N–H and O–H groups in total. The molecule has 0 fully saturated rings. The molecule has 0 bridgehead atoms. The minimum atomic E-state index is -0.502. The van der Waals surface area contributed by atoms with Gasteiger partial charge in [-0.1, -0.05) is 42.3 Å². The third kappa shape index (κ3) is 4.68. The van der Waals surface area contributed by atoms with Crippen LogP contribution in [0.25, 0.3) is 10.9 Å². The van der Waals surface area contributed by atoms with Gasteiger partial charge in [-0.05, 0) is 37.6 Å². The standard InChI is InChI=1S/C22H23ClN4O3/c1-3-12-27-18-9-8-14(2)13-16(18)20(22(27)30)26-25-19(28)10-11-24-21(29)15-6-4-5-7-17(15)23/h4-9,13,30H,3,10-12H2,1-2H3,(H,24,29). The molecule has 8 heteroatoms. The Morgan fingerprint density at radius 3 is 2.70 bits per heavy atom. The summed E-state index contributed by atoms with van der Waals surface area (Å²) in [6.07, 6.45) is 0.818. The monoisotopic (exact) mass is 426 g/mol. The summed E-state index contributed by atoms with van der Waals surface area (Å²) >= 11 is 5.99. The molecule has 0 atom stereocenters. The first-order chi connectivity index (χ1) is 14.4. The molecule has 0 saturated heterocycles. The van der Waals surface area contributed by atoms with Crippen molar-refractivity contribution >= 4 is 40.0 Å². The summed E-state index contributed by atoms with van der Waals surface area (Å²) in [6.45, 7) is 4.69. The zero-order valence-corrected chi connectivity index (χ0v) is 17.6. The lowest BCUT2D eigenvalue weighted by Gasteiger charge is -2.05. The topological polar surface area (TPSA) is 96.0 Å². The first-order valence-electron chi connectivity index (χ1n) is 9.71. The van der Waals surface area contributed by atoms with Crippen molar-refractivity contribution in [2.24, 2.45) is 10.2 Å². The van der Waals surface area contributed by atoms with E-state index in [0.29, 0.717) is 17.1 Å². The van der Waals surface area contributed by atoms with Gasteiger partial charge in [0.25, 0.3) is 11.8 Å². The number of aromatic nitrogens is 1. The molecule has 0 spiro atoms. The molecule has 1 heterocycles. The smallest absolute Gasteiger partial charge is 0.266 e. The summed E-state index contributed by atoms with van der Waals surface area (Å²) < 4.78 is 1.76. The number of nitrogens with one attached hydrogen (secondary N) is 1. The number of azo groups is 1. The van der Waals surface area contributed by atoms with Crippen LogP contribution in [0.4, 0.5) is 5.69 Å². The van der Waals surface area contributed by atoms with E-state index in [1.807, 2.05) is 32.0 Å². The van der Waals surface area contributed by atoms with Crippen LogP contribution in [0.2, 0.25) is 5.02 Å². The molecule has 2 aromatic carbocycles. The zero-order valence-electron chi connectivity index (χ0n) is 16.9. The average molecular weight is 427 g/mol. The number of rotatable bonds is 7. The minimum Gasteiger partial charge on any atom is -0.493 e. The fraction of sp³-hybridized carbons (Fsp3) is 0.273. The molecule has 30 heavy (non-hydrogen) atoms. The molecule has 0 unspecified atom stereocenters. The Balaban J connectivity index is 1.68. The third-order valence-corrected chi connectivity index (χ3v) is 4.95. The van der Waals surface area contributed by atoms with E-state index in [0.717, 1.165) is 22.9 Å². The number of aromatic hydroxyl groups is 1. The van der Waals surface area contributed by atoms with Gasteiger partial charge >= 0.3 is 0 Å². The molecular formula is C22H23ClN4O3. The van der Waals surface area contributed by atoms with Gasteiger partial charge < -0.3 is 15.0 Å². The molecule has 3 rings (SSSR count). The Morgan fingerprint density at radius 2 is 1.97 bits per heavy atom. The van der Waals surface area contributed by atoms with Crippen molar-refractivity contribution in [1.82, 2.24) is 9.88 Å². The number of benzene rings is 2. The predicted octanol–water partition coefficient (Wildman–Crippen LogP) is 5.15. The fourth-order valence-electron chi connectivity index (χ4n) is 3.17. The van der Waals surface area contributed by atoms with E-state index in [1.54, 1.807) is 28.8 Å². The van der Waals surface area contributed by atoms with Gasteiger partial charge in [-0.2, -0.15) is 0 Å². The van der Waals surface area contributed by atoms with E-state index in [9.17, 15) is 14.7 Å². The molecular weight excluding hydrogens is 404 g/mol. The van der Waals surface area contributed by atoms with E-state index in [1.165, 1.54) is 0 Å². The van der Waals surface area contributed by atoms with Crippen molar-refractivity contribution in [3.05, 3.63) is 58.6 Å². The van der Waals surface area contributed by atoms with E-state index >= 15 is 0 Å². The van der Waals surface area contributed by atoms with E-state index in [-0.39, 0.29) is 30.4 Å². The summed E-state index contributed by atoms with van der Waals surface area (Å²) in [4.78, 5) is 24.2. The lowest BCUT2D eigenvalue weighted by atomic mass is 10.1. The van der Waals surface area contributed by atoms with Gasteiger partial charge in [-0.15, -0.1) is 10.2 Å². The predicted molar refractivity (Wildman–Crippen MR) is 117 cm³/mol. The van der Waals surface area contributed by atoms with E-state index in [2.05, 4.69) is 15.5 Å². The quantitative estimate of drug-likeness (QED) is 0.511. The van der Waals surface area contributed by atoms with Gasteiger partial charge in [0.2, 0.25) is 5.88 Å². The zero-order chi connectivity index (χ0) is 21.7. The number of hydrogen-bond acceptors (Lipinski definition) is 4. The van der Waals surface area contributed by atoms with Gasteiger partial charge in [-0.3, -0.25) is 9.59 Å². The maximum absolute atomic E-state index is 12.1. The summed E-state index contributed by atoms with van der Waals surface area (Å²) in [5, 5.41) is 22.0. The normalized spacial score (nSPS) is 11.3.